The van der Waals surface area contributed by atoms with Crippen molar-refractivity contribution in [1.29, 1.82) is 0 Å². The van der Waals surface area contributed by atoms with Crippen LogP contribution >= 0.6 is 0 Å². The Morgan fingerprint density at radius 3 is 2.47 bits per heavy atom. The van der Waals surface area contributed by atoms with Gasteiger partial charge in [-0.2, -0.15) is 0 Å². The summed E-state index contributed by atoms with van der Waals surface area (Å²) in [4.78, 5) is 8.71. The van der Waals surface area contributed by atoms with Gasteiger partial charge in [-0.1, -0.05) is 26.8 Å². The molecule has 0 N–H and O–H groups in total. The molecular formula is C12H15N3. The first-order valence-corrected chi connectivity index (χ1v) is 5.04. The Morgan fingerprint density at radius 1 is 1.07 bits per heavy atom. The van der Waals surface area contributed by atoms with Gasteiger partial charge in [0.25, 0.3) is 0 Å². The van der Waals surface area contributed by atoms with E-state index in [9.17, 15) is 0 Å². The first-order valence-electron chi connectivity index (χ1n) is 5.04. The lowest BCUT2D eigenvalue weighted by molar-refractivity contribution is 0.534. The van der Waals surface area contributed by atoms with E-state index >= 15 is 0 Å². The molecule has 0 saturated carbocycles. The summed E-state index contributed by atoms with van der Waals surface area (Å²) in [5, 5.41) is 0. The van der Waals surface area contributed by atoms with Crippen molar-refractivity contribution in [1.82, 2.24) is 14.5 Å². The maximum absolute atomic E-state index is 4.39. The van der Waals surface area contributed by atoms with E-state index < -0.39 is 0 Å². The fraction of sp³-hybridized carbons (Fsp3) is 0.333. The second-order valence-electron chi connectivity index (χ2n) is 4.56. The lowest BCUT2D eigenvalue weighted by atomic mass is 9.96. The Hall–Kier alpha value is -1.64. The summed E-state index contributed by atoms with van der Waals surface area (Å²) in [5.41, 5.74) is 0.0288. The highest BCUT2D eigenvalue weighted by Crippen LogP contribution is 2.22. The van der Waals surface area contributed by atoms with Crippen LogP contribution in [0.4, 0.5) is 0 Å². The van der Waals surface area contributed by atoms with Crippen molar-refractivity contribution < 1.29 is 0 Å². The van der Waals surface area contributed by atoms with Crippen LogP contribution in [0.1, 0.15) is 26.6 Å². The molecular weight excluding hydrogens is 186 g/mol. The topological polar surface area (TPSA) is 30.7 Å². The summed E-state index contributed by atoms with van der Waals surface area (Å²) in [5.74, 6) is 1.95. The zero-order chi connectivity index (χ0) is 10.9. The van der Waals surface area contributed by atoms with Crippen LogP contribution < -0.4 is 0 Å². The zero-order valence-electron chi connectivity index (χ0n) is 9.31. The Morgan fingerprint density at radius 2 is 1.87 bits per heavy atom. The van der Waals surface area contributed by atoms with Crippen LogP contribution in [-0.4, -0.2) is 14.5 Å². The molecule has 0 aromatic carbocycles. The van der Waals surface area contributed by atoms with Gasteiger partial charge in [0.2, 0.25) is 0 Å². The predicted molar refractivity (Wildman–Crippen MR) is 60.1 cm³/mol. The monoisotopic (exact) mass is 201 g/mol. The summed E-state index contributed by atoms with van der Waals surface area (Å²) in [6, 6.07) is 5.88. The van der Waals surface area contributed by atoms with Gasteiger partial charge < -0.3 is 0 Å². The highest BCUT2D eigenvalue weighted by molar-refractivity contribution is 5.26. The molecule has 0 atom stereocenters. The molecule has 0 aliphatic heterocycles. The number of aromatic nitrogens is 3. The van der Waals surface area contributed by atoms with Gasteiger partial charge >= 0.3 is 0 Å². The minimum Gasteiger partial charge on any atom is -0.287 e. The SMILES string of the molecule is CC(C)(C)c1nccn1-c1ccccn1. The van der Waals surface area contributed by atoms with Gasteiger partial charge in [-0.15, -0.1) is 0 Å². The number of imidazole rings is 1. The number of rotatable bonds is 1. The molecule has 0 aliphatic carbocycles. The van der Waals surface area contributed by atoms with Crippen molar-refractivity contribution >= 4 is 0 Å². The second kappa shape index (κ2) is 3.50. The standard InChI is InChI=1S/C12H15N3/c1-12(2,3)11-14-8-9-15(11)10-6-4-5-7-13-10/h4-9H,1-3H3. The number of nitrogens with zero attached hydrogens (tertiary/aromatic N) is 3. The number of hydrogen-bond acceptors (Lipinski definition) is 2. The lowest BCUT2D eigenvalue weighted by Crippen LogP contribution is -2.18. The quantitative estimate of drug-likeness (QED) is 0.710. The molecule has 2 heterocycles. The molecule has 0 aliphatic rings. The normalized spacial score (nSPS) is 11.7. The van der Waals surface area contributed by atoms with Crippen LogP contribution in [0, 0.1) is 0 Å². The molecule has 0 unspecified atom stereocenters. The minimum absolute atomic E-state index is 0.0288. The molecule has 0 bridgehead atoms. The minimum atomic E-state index is 0.0288. The Labute approximate surface area is 89.8 Å². The summed E-state index contributed by atoms with van der Waals surface area (Å²) < 4.78 is 2.03. The third kappa shape index (κ3) is 1.91. The third-order valence-electron chi connectivity index (χ3n) is 2.21. The summed E-state index contributed by atoms with van der Waals surface area (Å²) in [6.07, 6.45) is 5.56. The molecule has 2 aromatic heterocycles. The highest BCUT2D eigenvalue weighted by atomic mass is 15.1. The van der Waals surface area contributed by atoms with E-state index in [1.54, 1.807) is 6.20 Å². The van der Waals surface area contributed by atoms with Gasteiger partial charge in [-0.05, 0) is 12.1 Å². The van der Waals surface area contributed by atoms with Gasteiger partial charge in [0.15, 0.2) is 0 Å². The van der Waals surface area contributed by atoms with Gasteiger partial charge in [-0.25, -0.2) is 9.97 Å². The van der Waals surface area contributed by atoms with Gasteiger partial charge in [0.05, 0.1) is 0 Å². The molecule has 0 saturated heterocycles. The Kier molecular flexibility index (Phi) is 2.31. The molecule has 2 rings (SSSR count). The summed E-state index contributed by atoms with van der Waals surface area (Å²) in [6.45, 7) is 6.44. The van der Waals surface area contributed by atoms with E-state index in [0.29, 0.717) is 0 Å². The van der Waals surface area contributed by atoms with Gasteiger partial charge in [0.1, 0.15) is 11.6 Å². The second-order valence-corrected chi connectivity index (χ2v) is 4.56. The molecule has 78 valence electrons. The largest absolute Gasteiger partial charge is 0.287 e. The van der Waals surface area contributed by atoms with Crippen molar-refractivity contribution in [3.05, 3.63) is 42.6 Å². The summed E-state index contributed by atoms with van der Waals surface area (Å²) in [7, 11) is 0. The van der Waals surface area contributed by atoms with Crippen molar-refractivity contribution in [3.63, 3.8) is 0 Å². The van der Waals surface area contributed by atoms with Crippen molar-refractivity contribution in [2.24, 2.45) is 0 Å². The fourth-order valence-electron chi connectivity index (χ4n) is 1.54. The van der Waals surface area contributed by atoms with E-state index in [1.807, 2.05) is 35.2 Å². The van der Waals surface area contributed by atoms with Crippen LogP contribution in [0.25, 0.3) is 5.82 Å². The van der Waals surface area contributed by atoms with E-state index in [-0.39, 0.29) is 5.41 Å². The van der Waals surface area contributed by atoms with Crippen LogP contribution in [0.2, 0.25) is 0 Å². The average molecular weight is 201 g/mol. The van der Waals surface area contributed by atoms with Crippen molar-refractivity contribution in [3.8, 4) is 5.82 Å². The Balaban J connectivity index is 2.51. The zero-order valence-corrected chi connectivity index (χ0v) is 9.31. The van der Waals surface area contributed by atoms with E-state index in [0.717, 1.165) is 11.6 Å². The first kappa shape index (κ1) is 9.90. The smallest absolute Gasteiger partial charge is 0.137 e. The molecule has 3 nitrogen and oxygen atoms in total. The van der Waals surface area contributed by atoms with Gasteiger partial charge in [0, 0.05) is 24.0 Å². The summed E-state index contributed by atoms with van der Waals surface area (Å²) >= 11 is 0. The maximum atomic E-state index is 4.39. The maximum Gasteiger partial charge on any atom is 0.137 e. The molecule has 2 aromatic rings. The van der Waals surface area contributed by atoms with Crippen molar-refractivity contribution in [2.75, 3.05) is 0 Å². The number of hydrogen-bond donors (Lipinski definition) is 0. The molecule has 15 heavy (non-hydrogen) atoms. The van der Waals surface area contributed by atoms with Crippen LogP contribution in [-0.2, 0) is 5.41 Å². The number of pyridine rings is 1. The predicted octanol–water partition coefficient (Wildman–Crippen LogP) is 2.56. The molecule has 3 heteroatoms. The molecule has 0 amide bonds. The molecule has 0 radical (unpaired) electrons. The van der Waals surface area contributed by atoms with E-state index in [1.165, 1.54) is 0 Å². The van der Waals surface area contributed by atoms with E-state index in [4.69, 9.17) is 0 Å². The van der Waals surface area contributed by atoms with Gasteiger partial charge in [-0.3, -0.25) is 4.57 Å². The lowest BCUT2D eigenvalue weighted by Gasteiger charge is -2.19. The molecule has 0 fully saturated rings. The van der Waals surface area contributed by atoms with Crippen molar-refractivity contribution in [2.45, 2.75) is 26.2 Å². The fourth-order valence-corrected chi connectivity index (χ4v) is 1.54. The molecule has 0 spiro atoms. The van der Waals surface area contributed by atoms with Crippen LogP contribution in [0.3, 0.4) is 0 Å². The van der Waals surface area contributed by atoms with Crippen LogP contribution in [0.5, 0.6) is 0 Å². The van der Waals surface area contributed by atoms with Crippen LogP contribution in [0.15, 0.2) is 36.8 Å². The highest BCUT2D eigenvalue weighted by Gasteiger charge is 2.20. The Bertz CT molecular complexity index is 437. The van der Waals surface area contributed by atoms with E-state index in [2.05, 4.69) is 30.7 Å². The first-order chi connectivity index (χ1) is 7.09. The average Bonchev–Trinajstić information content (AvgIpc) is 2.67. The third-order valence-corrected chi connectivity index (χ3v) is 2.21.